The van der Waals surface area contributed by atoms with Gasteiger partial charge >= 0.3 is 19.4 Å². The second-order valence-electron chi connectivity index (χ2n) is 7.94. The van der Waals surface area contributed by atoms with Crippen LogP contribution in [0.3, 0.4) is 0 Å². The van der Waals surface area contributed by atoms with Gasteiger partial charge in [0.2, 0.25) is 0 Å². The predicted octanol–water partition coefficient (Wildman–Crippen LogP) is 1.54. The van der Waals surface area contributed by atoms with Gasteiger partial charge in [0.1, 0.15) is 28.9 Å². The normalized spacial score (nSPS) is 26.6. The smallest absolute Gasteiger partial charge is 0.459 e. The van der Waals surface area contributed by atoms with Gasteiger partial charge in [-0.2, -0.15) is 5.09 Å². The van der Waals surface area contributed by atoms with Gasteiger partial charge in [0.05, 0.1) is 13.2 Å². The molecular formula is C21H27ClN3O9P. The van der Waals surface area contributed by atoms with Gasteiger partial charge in [0.25, 0.3) is 5.56 Å². The molecule has 0 saturated carbocycles. The maximum atomic E-state index is 13.5. The van der Waals surface area contributed by atoms with Crippen LogP contribution in [0.5, 0.6) is 5.75 Å². The number of ether oxygens (including phenoxy) is 2. The predicted molar refractivity (Wildman–Crippen MR) is 125 cm³/mol. The van der Waals surface area contributed by atoms with E-state index in [1.54, 1.807) is 37.3 Å². The van der Waals surface area contributed by atoms with Crippen molar-refractivity contribution in [2.24, 2.45) is 0 Å². The molecule has 1 aromatic carbocycles. The molecule has 2 heterocycles. The number of carbonyl (C=O) groups is 1. The first-order chi connectivity index (χ1) is 16.5. The Morgan fingerprint density at radius 3 is 2.66 bits per heavy atom. The Morgan fingerprint density at radius 2 is 2.03 bits per heavy atom. The summed E-state index contributed by atoms with van der Waals surface area (Å²) in [6.07, 6.45) is -2.51. The highest BCUT2D eigenvalue weighted by molar-refractivity contribution is 7.52. The molecule has 1 aliphatic rings. The van der Waals surface area contributed by atoms with Crippen LogP contribution in [0.4, 0.5) is 0 Å². The summed E-state index contributed by atoms with van der Waals surface area (Å²) in [5.74, 6) is -0.469. The Morgan fingerprint density at radius 1 is 1.34 bits per heavy atom. The molecule has 3 N–H and O–H groups in total. The van der Waals surface area contributed by atoms with Crippen molar-refractivity contribution in [1.29, 1.82) is 0 Å². The molecule has 0 spiro atoms. The lowest BCUT2D eigenvalue weighted by atomic mass is 10.0. The van der Waals surface area contributed by atoms with Gasteiger partial charge in [-0.1, -0.05) is 18.2 Å². The highest BCUT2D eigenvalue weighted by Crippen LogP contribution is 2.48. The average Bonchev–Trinajstić information content (AvgIpc) is 3.02. The zero-order valence-corrected chi connectivity index (χ0v) is 20.9. The van der Waals surface area contributed by atoms with Crippen LogP contribution in [0.15, 0.2) is 52.2 Å². The number of esters is 1. The summed E-state index contributed by atoms with van der Waals surface area (Å²) < 4.78 is 36.3. The summed E-state index contributed by atoms with van der Waals surface area (Å²) in [6.45, 7) is 4.15. The highest BCUT2D eigenvalue weighted by atomic mass is 35.5. The fraction of sp³-hybridized carbons (Fsp3) is 0.476. The van der Waals surface area contributed by atoms with Crippen molar-refractivity contribution >= 4 is 25.3 Å². The summed E-state index contributed by atoms with van der Waals surface area (Å²) >= 11 is 6.51. The largest absolute Gasteiger partial charge is 0.465 e. The van der Waals surface area contributed by atoms with Crippen LogP contribution >= 0.6 is 19.3 Å². The molecule has 0 aliphatic carbocycles. The standard InChI is InChI=1S/C21H27ClN3O9P/c1-4-31-18(28)13(2)24-35(30,34-14-8-6-5-7-9-14)32-12-15-17(27)21(3,22)19(33-15)25-11-10-16(26)23-20(25)29/h5-11,13,15,17,19,27H,4,12H2,1-3H3,(H,24,30)(H,23,26,29). The Labute approximate surface area is 205 Å². The minimum atomic E-state index is -4.20. The first kappa shape index (κ1) is 27.1. The monoisotopic (exact) mass is 531 g/mol. The van der Waals surface area contributed by atoms with E-state index in [1.165, 1.54) is 20.0 Å². The number of aliphatic hydroxyl groups is 1. The summed E-state index contributed by atoms with van der Waals surface area (Å²) in [6, 6.07) is 8.19. The fourth-order valence-corrected chi connectivity index (χ4v) is 5.20. The van der Waals surface area contributed by atoms with Gasteiger partial charge in [-0.05, 0) is 32.9 Å². The third-order valence-electron chi connectivity index (χ3n) is 5.19. The lowest BCUT2D eigenvalue weighted by Gasteiger charge is -2.26. The number of halogens is 1. The third kappa shape index (κ3) is 6.40. The molecule has 12 nitrogen and oxygen atoms in total. The van der Waals surface area contributed by atoms with Crippen LogP contribution < -0.4 is 20.9 Å². The number of rotatable bonds is 10. The molecule has 1 aliphatic heterocycles. The Kier molecular flexibility index (Phi) is 8.58. The van der Waals surface area contributed by atoms with E-state index >= 15 is 0 Å². The Hall–Kier alpha value is -2.47. The first-order valence-electron chi connectivity index (χ1n) is 10.7. The maximum absolute atomic E-state index is 13.5. The van der Waals surface area contributed by atoms with E-state index in [1.807, 2.05) is 0 Å². The van der Waals surface area contributed by atoms with E-state index in [9.17, 15) is 24.1 Å². The lowest BCUT2D eigenvalue weighted by molar-refractivity contribution is -0.144. The Bertz CT molecular complexity index is 1190. The third-order valence-corrected chi connectivity index (χ3v) is 7.24. The number of aromatic nitrogens is 2. The maximum Gasteiger partial charge on any atom is 0.459 e. The van der Waals surface area contributed by atoms with E-state index in [-0.39, 0.29) is 12.4 Å². The number of benzene rings is 1. The quantitative estimate of drug-likeness (QED) is 0.233. The topological polar surface area (TPSA) is 158 Å². The number of aromatic amines is 1. The van der Waals surface area contributed by atoms with Crippen LogP contribution in [0.2, 0.25) is 0 Å². The fourth-order valence-electron chi connectivity index (χ4n) is 3.40. The summed E-state index contributed by atoms with van der Waals surface area (Å²) in [7, 11) is -4.20. The SMILES string of the molecule is CCOC(=O)C(C)NP(=O)(OCC1OC(n2ccc(=O)[nH]c2=O)C(C)(Cl)C1O)Oc1ccccc1. The van der Waals surface area contributed by atoms with Crippen molar-refractivity contribution in [1.82, 2.24) is 14.6 Å². The summed E-state index contributed by atoms with van der Waals surface area (Å²) in [5.41, 5.74) is -1.40. The van der Waals surface area contributed by atoms with Crippen LogP contribution in [0, 0.1) is 0 Å². The second kappa shape index (κ2) is 11.1. The molecule has 2 aromatic rings. The van der Waals surface area contributed by atoms with E-state index in [0.717, 1.165) is 10.6 Å². The zero-order chi connectivity index (χ0) is 25.8. The van der Waals surface area contributed by atoms with Gasteiger partial charge in [0.15, 0.2) is 6.23 Å². The molecule has 0 radical (unpaired) electrons. The zero-order valence-electron chi connectivity index (χ0n) is 19.3. The van der Waals surface area contributed by atoms with Crippen molar-refractivity contribution in [2.45, 2.75) is 50.1 Å². The van der Waals surface area contributed by atoms with E-state index in [2.05, 4.69) is 10.1 Å². The van der Waals surface area contributed by atoms with Crippen molar-refractivity contribution < 1.29 is 33.0 Å². The highest BCUT2D eigenvalue weighted by Gasteiger charge is 2.54. The average molecular weight is 532 g/mol. The number of aliphatic hydroxyl groups excluding tert-OH is 1. The second-order valence-corrected chi connectivity index (χ2v) is 10.4. The molecule has 1 fully saturated rings. The van der Waals surface area contributed by atoms with Crippen molar-refractivity contribution in [3.8, 4) is 5.75 Å². The molecule has 35 heavy (non-hydrogen) atoms. The number of hydrogen-bond acceptors (Lipinski definition) is 9. The summed E-state index contributed by atoms with van der Waals surface area (Å²) in [4.78, 5) is 36.3. The number of alkyl halides is 1. The van der Waals surface area contributed by atoms with Gasteiger partial charge in [-0.25, -0.2) is 9.36 Å². The number of para-hydroxylation sites is 1. The first-order valence-corrected chi connectivity index (χ1v) is 12.7. The van der Waals surface area contributed by atoms with Crippen molar-refractivity contribution in [3.05, 3.63) is 63.4 Å². The summed E-state index contributed by atoms with van der Waals surface area (Å²) in [5, 5.41) is 13.3. The van der Waals surface area contributed by atoms with Crippen LogP contribution in [-0.2, 0) is 23.4 Å². The van der Waals surface area contributed by atoms with E-state index < -0.39 is 60.9 Å². The van der Waals surface area contributed by atoms with Crippen molar-refractivity contribution in [2.75, 3.05) is 13.2 Å². The van der Waals surface area contributed by atoms with Crippen molar-refractivity contribution in [3.63, 3.8) is 0 Å². The van der Waals surface area contributed by atoms with Crippen LogP contribution in [-0.4, -0.2) is 57.0 Å². The number of hydrogen-bond donors (Lipinski definition) is 3. The van der Waals surface area contributed by atoms with Crippen LogP contribution in [0.1, 0.15) is 27.0 Å². The number of H-pyrrole nitrogens is 1. The number of nitrogens with zero attached hydrogens (tertiary/aromatic N) is 1. The number of carbonyl (C=O) groups excluding carboxylic acids is 1. The molecule has 6 unspecified atom stereocenters. The van der Waals surface area contributed by atoms with Gasteiger partial charge in [-0.3, -0.25) is 23.7 Å². The molecule has 192 valence electrons. The molecule has 1 aromatic heterocycles. The molecule has 14 heteroatoms. The molecule has 1 saturated heterocycles. The molecule has 0 amide bonds. The minimum Gasteiger partial charge on any atom is -0.465 e. The number of nitrogens with one attached hydrogen (secondary N) is 2. The van der Waals surface area contributed by atoms with Crippen LogP contribution in [0.25, 0.3) is 0 Å². The molecule has 6 atom stereocenters. The van der Waals surface area contributed by atoms with E-state index in [0.29, 0.717) is 0 Å². The van der Waals surface area contributed by atoms with E-state index in [4.69, 9.17) is 30.1 Å². The molecular weight excluding hydrogens is 505 g/mol. The van der Waals surface area contributed by atoms with Gasteiger partial charge in [0, 0.05) is 12.3 Å². The Balaban J connectivity index is 1.80. The van der Waals surface area contributed by atoms with Gasteiger partial charge < -0.3 is 19.1 Å². The lowest BCUT2D eigenvalue weighted by Crippen LogP contribution is -2.43. The van der Waals surface area contributed by atoms with Gasteiger partial charge in [-0.15, -0.1) is 11.6 Å². The minimum absolute atomic E-state index is 0.122. The molecule has 0 bridgehead atoms. The molecule has 3 rings (SSSR count).